The number of benzene rings is 1. The zero-order valence-corrected chi connectivity index (χ0v) is 12.6. The van der Waals surface area contributed by atoms with E-state index in [9.17, 15) is 4.79 Å². The summed E-state index contributed by atoms with van der Waals surface area (Å²) in [5, 5.41) is 4.74. The second-order valence-electron chi connectivity index (χ2n) is 3.29. The van der Waals surface area contributed by atoms with Crippen LogP contribution in [0.15, 0.2) is 38.0 Å². The van der Waals surface area contributed by atoms with E-state index in [0.29, 0.717) is 12.1 Å². The molecule has 0 aliphatic carbocycles. The van der Waals surface area contributed by atoms with Crippen molar-refractivity contribution < 1.29 is 4.79 Å². The SMILES string of the molecule is O=C(NCc1cscn1)c1ccc(Br)cc1Br. The topological polar surface area (TPSA) is 42.0 Å². The smallest absolute Gasteiger partial charge is 0.252 e. The van der Waals surface area contributed by atoms with Gasteiger partial charge in [0.1, 0.15) is 0 Å². The van der Waals surface area contributed by atoms with Crippen LogP contribution in [-0.2, 0) is 6.54 Å². The third kappa shape index (κ3) is 3.37. The molecule has 1 amide bonds. The summed E-state index contributed by atoms with van der Waals surface area (Å²) in [7, 11) is 0. The van der Waals surface area contributed by atoms with Crippen molar-refractivity contribution in [3.63, 3.8) is 0 Å². The van der Waals surface area contributed by atoms with E-state index < -0.39 is 0 Å². The number of carbonyl (C=O) groups excluding carboxylic acids is 1. The number of thiazole rings is 1. The number of hydrogen-bond donors (Lipinski definition) is 1. The van der Waals surface area contributed by atoms with Gasteiger partial charge < -0.3 is 5.32 Å². The minimum Gasteiger partial charge on any atom is -0.346 e. The van der Waals surface area contributed by atoms with E-state index in [0.717, 1.165) is 14.6 Å². The van der Waals surface area contributed by atoms with E-state index in [2.05, 4.69) is 42.2 Å². The van der Waals surface area contributed by atoms with Gasteiger partial charge in [-0.05, 0) is 34.1 Å². The Kier molecular flexibility index (Phi) is 4.31. The highest BCUT2D eigenvalue weighted by atomic mass is 79.9. The molecule has 2 rings (SSSR count). The van der Waals surface area contributed by atoms with Gasteiger partial charge in [-0.15, -0.1) is 11.3 Å². The van der Waals surface area contributed by atoms with Gasteiger partial charge in [0, 0.05) is 14.3 Å². The second kappa shape index (κ2) is 5.75. The van der Waals surface area contributed by atoms with Crippen LogP contribution < -0.4 is 5.32 Å². The van der Waals surface area contributed by atoms with Gasteiger partial charge >= 0.3 is 0 Å². The van der Waals surface area contributed by atoms with Crippen LogP contribution in [0.2, 0.25) is 0 Å². The first-order chi connectivity index (χ1) is 8.16. The van der Waals surface area contributed by atoms with Crippen molar-refractivity contribution in [3.05, 3.63) is 49.3 Å². The number of nitrogens with one attached hydrogen (secondary N) is 1. The monoisotopic (exact) mass is 374 g/mol. The summed E-state index contributed by atoms with van der Waals surface area (Å²) in [4.78, 5) is 16.0. The molecule has 1 aromatic carbocycles. The van der Waals surface area contributed by atoms with Crippen LogP contribution in [-0.4, -0.2) is 10.9 Å². The third-order valence-electron chi connectivity index (χ3n) is 2.09. The summed E-state index contributed by atoms with van der Waals surface area (Å²) >= 11 is 8.22. The Morgan fingerprint density at radius 3 is 2.88 bits per heavy atom. The highest BCUT2D eigenvalue weighted by Crippen LogP contribution is 2.21. The van der Waals surface area contributed by atoms with Crippen molar-refractivity contribution in [2.24, 2.45) is 0 Å². The molecule has 17 heavy (non-hydrogen) atoms. The fourth-order valence-corrected chi connectivity index (χ4v) is 3.05. The molecule has 3 nitrogen and oxygen atoms in total. The Morgan fingerprint density at radius 1 is 1.41 bits per heavy atom. The predicted molar refractivity (Wildman–Crippen MR) is 75.1 cm³/mol. The summed E-state index contributed by atoms with van der Waals surface area (Å²) in [6, 6.07) is 5.45. The van der Waals surface area contributed by atoms with Gasteiger partial charge in [0.05, 0.1) is 23.3 Å². The largest absolute Gasteiger partial charge is 0.346 e. The van der Waals surface area contributed by atoms with Crippen molar-refractivity contribution in [1.82, 2.24) is 10.3 Å². The lowest BCUT2D eigenvalue weighted by Gasteiger charge is -2.05. The molecule has 0 fully saturated rings. The highest BCUT2D eigenvalue weighted by Gasteiger charge is 2.10. The molecule has 0 saturated carbocycles. The molecule has 0 bridgehead atoms. The van der Waals surface area contributed by atoms with Crippen LogP contribution in [0.25, 0.3) is 0 Å². The van der Waals surface area contributed by atoms with Crippen LogP contribution >= 0.6 is 43.2 Å². The van der Waals surface area contributed by atoms with E-state index in [1.165, 1.54) is 11.3 Å². The molecular formula is C11H8Br2N2OS. The molecule has 0 atom stereocenters. The Morgan fingerprint density at radius 2 is 2.24 bits per heavy atom. The fourth-order valence-electron chi connectivity index (χ4n) is 1.26. The maximum atomic E-state index is 11.9. The minimum absolute atomic E-state index is 0.114. The molecule has 1 heterocycles. The van der Waals surface area contributed by atoms with Crippen molar-refractivity contribution >= 4 is 49.1 Å². The zero-order valence-electron chi connectivity index (χ0n) is 8.61. The van der Waals surface area contributed by atoms with E-state index in [1.54, 1.807) is 11.6 Å². The van der Waals surface area contributed by atoms with Gasteiger partial charge in [-0.3, -0.25) is 4.79 Å². The van der Waals surface area contributed by atoms with Gasteiger partial charge in [0.2, 0.25) is 0 Å². The van der Waals surface area contributed by atoms with Crippen molar-refractivity contribution in [1.29, 1.82) is 0 Å². The van der Waals surface area contributed by atoms with E-state index in [-0.39, 0.29) is 5.91 Å². The lowest BCUT2D eigenvalue weighted by atomic mass is 10.2. The molecule has 0 unspecified atom stereocenters. The molecule has 0 saturated heterocycles. The average molecular weight is 376 g/mol. The van der Waals surface area contributed by atoms with Crippen LogP contribution in [0.5, 0.6) is 0 Å². The third-order valence-corrected chi connectivity index (χ3v) is 3.87. The standard InChI is InChI=1S/C11H8Br2N2OS/c12-7-1-2-9(10(13)3-7)11(16)14-4-8-5-17-6-15-8/h1-3,5-6H,4H2,(H,14,16). The molecule has 0 aliphatic heterocycles. The minimum atomic E-state index is -0.114. The molecule has 1 N–H and O–H groups in total. The van der Waals surface area contributed by atoms with Crippen molar-refractivity contribution in [3.8, 4) is 0 Å². The lowest BCUT2D eigenvalue weighted by Crippen LogP contribution is -2.23. The van der Waals surface area contributed by atoms with Crippen LogP contribution in [0.3, 0.4) is 0 Å². The first kappa shape index (κ1) is 12.7. The second-order valence-corrected chi connectivity index (χ2v) is 5.78. The molecule has 1 aromatic heterocycles. The lowest BCUT2D eigenvalue weighted by molar-refractivity contribution is 0.0949. The average Bonchev–Trinajstić information content (AvgIpc) is 2.78. The molecule has 0 spiro atoms. The first-order valence-electron chi connectivity index (χ1n) is 4.77. The quantitative estimate of drug-likeness (QED) is 0.890. The van der Waals surface area contributed by atoms with E-state index >= 15 is 0 Å². The summed E-state index contributed by atoms with van der Waals surface area (Å²) in [5.41, 5.74) is 3.23. The van der Waals surface area contributed by atoms with Gasteiger partial charge in [0.25, 0.3) is 5.91 Å². The molecular weight excluding hydrogens is 368 g/mol. The summed E-state index contributed by atoms with van der Waals surface area (Å²) < 4.78 is 1.70. The fraction of sp³-hybridized carbons (Fsp3) is 0.0909. The van der Waals surface area contributed by atoms with Gasteiger partial charge in [-0.25, -0.2) is 4.98 Å². The number of nitrogens with zero attached hydrogens (tertiary/aromatic N) is 1. The van der Waals surface area contributed by atoms with Crippen LogP contribution in [0.1, 0.15) is 16.1 Å². The first-order valence-corrected chi connectivity index (χ1v) is 7.30. The Balaban J connectivity index is 2.04. The normalized spacial score (nSPS) is 10.2. The van der Waals surface area contributed by atoms with Crippen LogP contribution in [0.4, 0.5) is 0 Å². The molecule has 6 heteroatoms. The summed E-state index contributed by atoms with van der Waals surface area (Å²) in [5.74, 6) is -0.114. The van der Waals surface area contributed by atoms with E-state index in [4.69, 9.17) is 0 Å². The summed E-state index contributed by atoms with van der Waals surface area (Å²) in [6.07, 6.45) is 0. The Labute approximate surface area is 120 Å². The maximum Gasteiger partial charge on any atom is 0.252 e. The van der Waals surface area contributed by atoms with Gasteiger partial charge in [-0.2, -0.15) is 0 Å². The van der Waals surface area contributed by atoms with Gasteiger partial charge in [0.15, 0.2) is 0 Å². The van der Waals surface area contributed by atoms with Crippen molar-refractivity contribution in [2.45, 2.75) is 6.54 Å². The van der Waals surface area contributed by atoms with Crippen LogP contribution in [0, 0.1) is 0 Å². The predicted octanol–water partition coefficient (Wildman–Crippen LogP) is 3.60. The van der Waals surface area contributed by atoms with E-state index in [1.807, 2.05) is 17.5 Å². The Bertz CT molecular complexity index is 528. The van der Waals surface area contributed by atoms with Gasteiger partial charge in [-0.1, -0.05) is 15.9 Å². The summed E-state index contributed by atoms with van der Waals surface area (Å²) in [6.45, 7) is 0.449. The molecule has 88 valence electrons. The molecule has 0 aliphatic rings. The Hall–Kier alpha value is -0.720. The number of rotatable bonds is 3. The van der Waals surface area contributed by atoms with Crippen molar-refractivity contribution in [2.75, 3.05) is 0 Å². The number of carbonyl (C=O) groups is 1. The molecule has 0 radical (unpaired) electrons. The molecule has 2 aromatic rings. The number of aromatic nitrogens is 1. The highest BCUT2D eigenvalue weighted by molar-refractivity contribution is 9.11. The zero-order chi connectivity index (χ0) is 12.3. The number of hydrogen-bond acceptors (Lipinski definition) is 3. The number of amides is 1. The number of halogens is 2. The maximum absolute atomic E-state index is 11.9.